The minimum atomic E-state index is -0.226. The predicted molar refractivity (Wildman–Crippen MR) is 66.1 cm³/mol. The largest absolute Gasteiger partial charge is 0.456 e. The maximum Gasteiger partial charge on any atom is 0.334 e. The number of allylic oxidation sites excluding steroid dienone is 1. The van der Waals surface area contributed by atoms with Crippen LogP contribution in [0.4, 0.5) is 0 Å². The molecule has 1 fully saturated rings. The summed E-state index contributed by atoms with van der Waals surface area (Å²) in [6, 6.07) is 0. The van der Waals surface area contributed by atoms with Crippen molar-refractivity contribution >= 4 is 5.97 Å². The molecule has 18 heavy (non-hydrogen) atoms. The van der Waals surface area contributed by atoms with Gasteiger partial charge >= 0.3 is 5.97 Å². The van der Waals surface area contributed by atoms with E-state index in [9.17, 15) is 4.79 Å². The van der Waals surface area contributed by atoms with Crippen molar-refractivity contribution in [1.29, 1.82) is 0 Å². The van der Waals surface area contributed by atoms with Gasteiger partial charge in [0.05, 0.1) is 19.8 Å². The first-order valence-corrected chi connectivity index (χ1v) is 6.10. The molecular weight excluding hydrogens is 236 g/mol. The van der Waals surface area contributed by atoms with Crippen LogP contribution in [-0.4, -0.2) is 45.8 Å². The Hall–Kier alpha value is -0.910. The van der Waals surface area contributed by atoms with E-state index in [0.717, 1.165) is 11.1 Å². The standard InChI is InChI=1S/C13H22O5/c1-9(2)12-10(3)11(18-13(12)14)7-17-8-16-6-5-15-4/h10-11H,5-8H2,1-4H3/t10-,11-/m1/s1. The van der Waals surface area contributed by atoms with E-state index < -0.39 is 0 Å². The van der Waals surface area contributed by atoms with E-state index in [4.69, 9.17) is 18.9 Å². The van der Waals surface area contributed by atoms with E-state index in [0.29, 0.717) is 19.8 Å². The molecule has 1 aliphatic heterocycles. The molecule has 1 saturated heterocycles. The van der Waals surface area contributed by atoms with Gasteiger partial charge in [0.15, 0.2) is 0 Å². The van der Waals surface area contributed by atoms with Gasteiger partial charge in [0.2, 0.25) is 0 Å². The van der Waals surface area contributed by atoms with E-state index in [1.807, 2.05) is 20.8 Å². The topological polar surface area (TPSA) is 54.0 Å². The molecule has 0 spiro atoms. The third-order valence-electron chi connectivity index (χ3n) is 2.91. The highest BCUT2D eigenvalue weighted by Crippen LogP contribution is 2.29. The van der Waals surface area contributed by atoms with Crippen molar-refractivity contribution in [3.05, 3.63) is 11.1 Å². The molecule has 0 aromatic heterocycles. The Morgan fingerprint density at radius 1 is 1.28 bits per heavy atom. The molecule has 5 nitrogen and oxygen atoms in total. The zero-order valence-corrected chi connectivity index (χ0v) is 11.5. The third-order valence-corrected chi connectivity index (χ3v) is 2.91. The van der Waals surface area contributed by atoms with Gasteiger partial charge in [-0.15, -0.1) is 0 Å². The highest BCUT2D eigenvalue weighted by Gasteiger charge is 2.37. The summed E-state index contributed by atoms with van der Waals surface area (Å²) in [6.45, 7) is 7.40. The van der Waals surface area contributed by atoms with E-state index in [1.165, 1.54) is 0 Å². The molecule has 0 N–H and O–H groups in total. The van der Waals surface area contributed by atoms with Crippen molar-refractivity contribution in [2.24, 2.45) is 5.92 Å². The Morgan fingerprint density at radius 3 is 2.56 bits per heavy atom. The first-order chi connectivity index (χ1) is 8.57. The minimum Gasteiger partial charge on any atom is -0.456 e. The number of rotatable bonds is 7. The summed E-state index contributed by atoms with van der Waals surface area (Å²) >= 11 is 0. The number of methoxy groups -OCH3 is 1. The van der Waals surface area contributed by atoms with Gasteiger partial charge in [-0.05, 0) is 13.8 Å². The van der Waals surface area contributed by atoms with Crippen LogP contribution in [0.15, 0.2) is 11.1 Å². The SMILES string of the molecule is COCCOCOC[C@H]1OC(=O)C(=C(C)C)[C@@H]1C. The summed E-state index contributed by atoms with van der Waals surface area (Å²) in [5.74, 6) is -0.155. The van der Waals surface area contributed by atoms with Crippen LogP contribution < -0.4 is 0 Å². The molecule has 0 unspecified atom stereocenters. The average molecular weight is 258 g/mol. The highest BCUT2D eigenvalue weighted by molar-refractivity contribution is 5.92. The molecule has 0 saturated carbocycles. The number of carbonyl (C=O) groups is 1. The second-order valence-electron chi connectivity index (χ2n) is 4.54. The third kappa shape index (κ3) is 4.08. The monoisotopic (exact) mass is 258 g/mol. The van der Waals surface area contributed by atoms with E-state index >= 15 is 0 Å². The van der Waals surface area contributed by atoms with Crippen molar-refractivity contribution in [2.75, 3.05) is 33.7 Å². The van der Waals surface area contributed by atoms with Gasteiger partial charge in [0, 0.05) is 18.6 Å². The number of carbonyl (C=O) groups excluding carboxylic acids is 1. The van der Waals surface area contributed by atoms with Gasteiger partial charge in [-0.2, -0.15) is 0 Å². The molecule has 0 aromatic rings. The Kier molecular flexibility index (Phi) is 6.32. The Morgan fingerprint density at radius 2 is 2.00 bits per heavy atom. The molecule has 5 heteroatoms. The van der Waals surface area contributed by atoms with Crippen molar-refractivity contribution < 1.29 is 23.7 Å². The van der Waals surface area contributed by atoms with Gasteiger partial charge in [-0.25, -0.2) is 4.79 Å². The zero-order chi connectivity index (χ0) is 13.5. The van der Waals surface area contributed by atoms with Crippen LogP contribution in [0.25, 0.3) is 0 Å². The van der Waals surface area contributed by atoms with Crippen molar-refractivity contribution in [1.82, 2.24) is 0 Å². The fourth-order valence-corrected chi connectivity index (χ4v) is 1.94. The Labute approximate surface area is 108 Å². The maximum atomic E-state index is 11.6. The van der Waals surface area contributed by atoms with Crippen molar-refractivity contribution in [3.8, 4) is 0 Å². The lowest BCUT2D eigenvalue weighted by molar-refractivity contribution is -0.145. The summed E-state index contributed by atoms with van der Waals surface area (Å²) in [4.78, 5) is 11.6. The normalized spacial score (nSPS) is 23.3. The van der Waals surface area contributed by atoms with Crippen LogP contribution in [-0.2, 0) is 23.7 Å². The van der Waals surface area contributed by atoms with Crippen LogP contribution in [0.2, 0.25) is 0 Å². The molecule has 2 atom stereocenters. The fourth-order valence-electron chi connectivity index (χ4n) is 1.94. The molecule has 1 aliphatic rings. The molecule has 1 heterocycles. The number of hydrogen-bond acceptors (Lipinski definition) is 5. The molecule has 0 amide bonds. The van der Waals surface area contributed by atoms with Crippen molar-refractivity contribution in [2.45, 2.75) is 26.9 Å². The smallest absolute Gasteiger partial charge is 0.334 e. The Balaban J connectivity index is 2.28. The lowest BCUT2D eigenvalue weighted by atomic mass is 9.95. The maximum absolute atomic E-state index is 11.6. The fraction of sp³-hybridized carbons (Fsp3) is 0.769. The molecule has 0 aliphatic carbocycles. The second kappa shape index (κ2) is 7.51. The minimum absolute atomic E-state index is 0.0708. The summed E-state index contributed by atoms with van der Waals surface area (Å²) in [5.41, 5.74) is 1.77. The van der Waals surface area contributed by atoms with Gasteiger partial charge < -0.3 is 18.9 Å². The molecule has 0 bridgehead atoms. The lowest BCUT2D eigenvalue weighted by Crippen LogP contribution is -2.22. The molecule has 104 valence electrons. The van der Waals surface area contributed by atoms with Gasteiger partial charge in [-0.1, -0.05) is 12.5 Å². The zero-order valence-electron chi connectivity index (χ0n) is 11.5. The quantitative estimate of drug-likeness (QED) is 0.300. The van der Waals surface area contributed by atoms with E-state index in [1.54, 1.807) is 7.11 Å². The van der Waals surface area contributed by atoms with Crippen LogP contribution in [0.3, 0.4) is 0 Å². The lowest BCUT2D eigenvalue weighted by Gasteiger charge is -2.14. The van der Waals surface area contributed by atoms with Gasteiger partial charge in [0.1, 0.15) is 12.9 Å². The van der Waals surface area contributed by atoms with E-state index in [-0.39, 0.29) is 24.8 Å². The summed E-state index contributed by atoms with van der Waals surface area (Å²) < 4.78 is 20.6. The van der Waals surface area contributed by atoms with Gasteiger partial charge in [0.25, 0.3) is 0 Å². The summed E-state index contributed by atoms with van der Waals surface area (Å²) in [6.07, 6.45) is -0.214. The average Bonchev–Trinajstić information content (AvgIpc) is 2.59. The van der Waals surface area contributed by atoms with Gasteiger partial charge in [-0.3, -0.25) is 0 Å². The molecule has 0 aromatic carbocycles. The first kappa shape index (κ1) is 15.1. The summed E-state index contributed by atoms with van der Waals surface area (Å²) in [5, 5.41) is 0. The van der Waals surface area contributed by atoms with Crippen molar-refractivity contribution in [3.63, 3.8) is 0 Å². The second-order valence-corrected chi connectivity index (χ2v) is 4.54. The number of cyclic esters (lactones) is 1. The Bertz CT molecular complexity index is 307. The molecular formula is C13H22O5. The van der Waals surface area contributed by atoms with Crippen LogP contribution in [0.5, 0.6) is 0 Å². The first-order valence-electron chi connectivity index (χ1n) is 6.10. The summed E-state index contributed by atoms with van der Waals surface area (Å²) in [7, 11) is 1.62. The van der Waals surface area contributed by atoms with Crippen LogP contribution >= 0.6 is 0 Å². The number of ether oxygens (including phenoxy) is 4. The predicted octanol–water partition coefficient (Wildman–Crippen LogP) is 1.52. The van der Waals surface area contributed by atoms with Crippen LogP contribution in [0.1, 0.15) is 20.8 Å². The molecule has 0 radical (unpaired) electrons. The number of hydrogen-bond donors (Lipinski definition) is 0. The van der Waals surface area contributed by atoms with E-state index in [2.05, 4.69) is 0 Å². The molecule has 1 rings (SSSR count). The highest BCUT2D eigenvalue weighted by atomic mass is 16.7. The van der Waals surface area contributed by atoms with Crippen LogP contribution in [0, 0.1) is 5.92 Å². The number of esters is 1.